The molecule has 0 aliphatic rings. The molecule has 0 bridgehead atoms. The number of rotatable bonds is 6. The Balaban J connectivity index is 2.47. The number of nitrogens with one attached hydrogen (secondary N) is 1. The first-order chi connectivity index (χ1) is 8.17. The first-order valence-corrected chi connectivity index (χ1v) is 5.79. The van der Waals surface area contributed by atoms with Crippen molar-refractivity contribution in [3.63, 3.8) is 0 Å². The van der Waals surface area contributed by atoms with Gasteiger partial charge in [-0.05, 0) is 44.5 Å². The van der Waals surface area contributed by atoms with Crippen LogP contribution < -0.4 is 5.32 Å². The number of phenolic OH excluding ortho intramolecular Hbond substituents is 1. The van der Waals surface area contributed by atoms with Crippen LogP contribution in [-0.2, 0) is 16.0 Å². The van der Waals surface area contributed by atoms with Crippen LogP contribution >= 0.6 is 0 Å². The minimum absolute atomic E-state index is 0.214. The Labute approximate surface area is 102 Å². The molecular formula is C13H19NO3. The van der Waals surface area contributed by atoms with E-state index >= 15 is 0 Å². The highest BCUT2D eigenvalue weighted by molar-refractivity contribution is 5.75. The average molecular weight is 237 g/mol. The summed E-state index contributed by atoms with van der Waals surface area (Å²) in [6, 6.07) is 6.73. The van der Waals surface area contributed by atoms with Crippen LogP contribution in [0.3, 0.4) is 0 Å². The first kappa shape index (κ1) is 13.5. The van der Waals surface area contributed by atoms with Gasteiger partial charge in [0.15, 0.2) is 0 Å². The zero-order chi connectivity index (χ0) is 12.7. The molecule has 0 heterocycles. The molecule has 0 aliphatic heterocycles. The van der Waals surface area contributed by atoms with E-state index in [1.807, 2.05) is 12.1 Å². The van der Waals surface area contributed by atoms with Crippen molar-refractivity contribution in [1.29, 1.82) is 0 Å². The lowest BCUT2D eigenvalue weighted by atomic mass is 10.1. The Hall–Kier alpha value is -1.55. The largest absolute Gasteiger partial charge is 0.508 e. The molecule has 17 heavy (non-hydrogen) atoms. The number of carbonyl (C=O) groups is 1. The molecule has 1 unspecified atom stereocenters. The van der Waals surface area contributed by atoms with Crippen LogP contribution in [0.25, 0.3) is 0 Å². The van der Waals surface area contributed by atoms with Crippen LogP contribution in [0, 0.1) is 0 Å². The van der Waals surface area contributed by atoms with Crippen LogP contribution in [0.5, 0.6) is 5.75 Å². The molecule has 0 aromatic heterocycles. The van der Waals surface area contributed by atoms with Gasteiger partial charge in [0.05, 0.1) is 6.61 Å². The Kier molecular flexibility index (Phi) is 5.49. The van der Waals surface area contributed by atoms with E-state index in [-0.39, 0.29) is 17.8 Å². The smallest absolute Gasteiger partial charge is 0.323 e. The number of likely N-dealkylation sites (N-methyl/N-ethyl adjacent to an activating group) is 1. The van der Waals surface area contributed by atoms with Crippen molar-refractivity contribution in [3.8, 4) is 5.75 Å². The van der Waals surface area contributed by atoms with E-state index in [1.165, 1.54) is 0 Å². The Morgan fingerprint density at radius 1 is 1.41 bits per heavy atom. The molecule has 0 saturated heterocycles. The number of hydrogen-bond donors (Lipinski definition) is 2. The summed E-state index contributed by atoms with van der Waals surface area (Å²) in [5, 5.41) is 12.1. The number of carbonyl (C=O) groups excluding carboxylic acids is 1. The first-order valence-electron chi connectivity index (χ1n) is 5.79. The van der Waals surface area contributed by atoms with Gasteiger partial charge in [-0.25, -0.2) is 0 Å². The van der Waals surface area contributed by atoms with Gasteiger partial charge in [-0.15, -0.1) is 0 Å². The minimum Gasteiger partial charge on any atom is -0.508 e. The lowest BCUT2D eigenvalue weighted by molar-refractivity contribution is -0.145. The molecule has 4 heteroatoms. The standard InChI is InChI=1S/C13H19NO3/c1-3-17-13(16)12(14-2)9-6-10-4-7-11(15)8-5-10/h4-5,7-8,12,14-15H,3,6,9H2,1-2H3. The second-order valence-electron chi connectivity index (χ2n) is 3.80. The quantitative estimate of drug-likeness (QED) is 0.736. The molecule has 0 amide bonds. The van der Waals surface area contributed by atoms with Crippen LogP contribution in [0.4, 0.5) is 0 Å². The van der Waals surface area contributed by atoms with Crippen molar-refractivity contribution in [2.45, 2.75) is 25.8 Å². The topological polar surface area (TPSA) is 58.6 Å². The van der Waals surface area contributed by atoms with Gasteiger partial charge in [0.25, 0.3) is 0 Å². The monoisotopic (exact) mass is 237 g/mol. The van der Waals surface area contributed by atoms with E-state index in [1.54, 1.807) is 26.1 Å². The van der Waals surface area contributed by atoms with Gasteiger partial charge < -0.3 is 15.2 Å². The number of esters is 1. The fraction of sp³-hybridized carbons (Fsp3) is 0.462. The van der Waals surface area contributed by atoms with Gasteiger partial charge in [0.2, 0.25) is 0 Å². The van der Waals surface area contributed by atoms with Crippen LogP contribution in [0.1, 0.15) is 18.9 Å². The number of phenols is 1. The minimum atomic E-state index is -0.274. The predicted octanol–water partition coefficient (Wildman–Crippen LogP) is 1.48. The van der Waals surface area contributed by atoms with Crippen molar-refractivity contribution >= 4 is 5.97 Å². The van der Waals surface area contributed by atoms with Crippen LogP contribution in [-0.4, -0.2) is 30.8 Å². The summed E-state index contributed by atoms with van der Waals surface area (Å²) < 4.78 is 4.96. The molecule has 0 aliphatic carbocycles. The van der Waals surface area contributed by atoms with E-state index in [0.29, 0.717) is 13.0 Å². The normalized spacial score (nSPS) is 12.1. The fourth-order valence-electron chi connectivity index (χ4n) is 1.60. The molecule has 0 radical (unpaired) electrons. The van der Waals surface area contributed by atoms with Crippen LogP contribution in [0.15, 0.2) is 24.3 Å². The number of benzene rings is 1. The maximum atomic E-state index is 11.5. The van der Waals surface area contributed by atoms with Gasteiger partial charge in [0.1, 0.15) is 11.8 Å². The van der Waals surface area contributed by atoms with E-state index < -0.39 is 0 Å². The number of aryl methyl sites for hydroxylation is 1. The highest BCUT2D eigenvalue weighted by Gasteiger charge is 2.16. The molecule has 1 rings (SSSR count). The van der Waals surface area contributed by atoms with Gasteiger partial charge in [-0.3, -0.25) is 4.79 Å². The summed E-state index contributed by atoms with van der Waals surface area (Å²) in [7, 11) is 1.75. The van der Waals surface area contributed by atoms with Crippen molar-refractivity contribution in [2.75, 3.05) is 13.7 Å². The predicted molar refractivity (Wildman–Crippen MR) is 65.9 cm³/mol. The lowest BCUT2D eigenvalue weighted by Gasteiger charge is -2.14. The van der Waals surface area contributed by atoms with Crippen molar-refractivity contribution in [3.05, 3.63) is 29.8 Å². The third kappa shape index (κ3) is 4.44. The highest BCUT2D eigenvalue weighted by Crippen LogP contribution is 2.12. The molecule has 0 saturated carbocycles. The number of ether oxygens (including phenoxy) is 1. The van der Waals surface area contributed by atoms with E-state index in [0.717, 1.165) is 12.0 Å². The molecule has 1 atom stereocenters. The number of aromatic hydroxyl groups is 1. The Bertz CT molecular complexity index is 348. The van der Waals surface area contributed by atoms with E-state index in [4.69, 9.17) is 9.84 Å². The fourth-order valence-corrected chi connectivity index (χ4v) is 1.60. The van der Waals surface area contributed by atoms with Gasteiger partial charge in [-0.1, -0.05) is 12.1 Å². The summed E-state index contributed by atoms with van der Waals surface area (Å²) in [6.07, 6.45) is 1.45. The summed E-state index contributed by atoms with van der Waals surface area (Å²) in [5.74, 6) is 0.0399. The average Bonchev–Trinajstić information content (AvgIpc) is 2.32. The summed E-state index contributed by atoms with van der Waals surface area (Å²) in [4.78, 5) is 11.5. The van der Waals surface area contributed by atoms with Gasteiger partial charge in [0, 0.05) is 0 Å². The third-order valence-electron chi connectivity index (χ3n) is 2.58. The second-order valence-corrected chi connectivity index (χ2v) is 3.80. The molecule has 0 fully saturated rings. The van der Waals surface area contributed by atoms with Crippen molar-refractivity contribution in [1.82, 2.24) is 5.32 Å². The SMILES string of the molecule is CCOC(=O)C(CCc1ccc(O)cc1)NC. The zero-order valence-electron chi connectivity index (χ0n) is 10.3. The molecule has 1 aromatic rings. The number of hydrogen-bond acceptors (Lipinski definition) is 4. The summed E-state index contributed by atoms with van der Waals surface area (Å²) in [6.45, 7) is 2.20. The third-order valence-corrected chi connectivity index (χ3v) is 2.58. The highest BCUT2D eigenvalue weighted by atomic mass is 16.5. The van der Waals surface area contributed by atoms with Crippen molar-refractivity contribution < 1.29 is 14.6 Å². The molecular weight excluding hydrogens is 218 g/mol. The second kappa shape index (κ2) is 6.91. The molecule has 94 valence electrons. The maximum absolute atomic E-state index is 11.5. The Morgan fingerprint density at radius 2 is 2.06 bits per heavy atom. The van der Waals surface area contributed by atoms with E-state index in [9.17, 15) is 4.79 Å². The lowest BCUT2D eigenvalue weighted by Crippen LogP contribution is -2.35. The molecule has 0 spiro atoms. The molecule has 4 nitrogen and oxygen atoms in total. The Morgan fingerprint density at radius 3 is 2.59 bits per heavy atom. The summed E-state index contributed by atoms with van der Waals surface area (Å²) >= 11 is 0. The van der Waals surface area contributed by atoms with E-state index in [2.05, 4.69) is 5.32 Å². The van der Waals surface area contributed by atoms with Gasteiger partial charge >= 0.3 is 5.97 Å². The zero-order valence-corrected chi connectivity index (χ0v) is 10.3. The van der Waals surface area contributed by atoms with Crippen LogP contribution in [0.2, 0.25) is 0 Å². The molecule has 2 N–H and O–H groups in total. The molecule has 1 aromatic carbocycles. The van der Waals surface area contributed by atoms with Gasteiger partial charge in [-0.2, -0.15) is 0 Å². The van der Waals surface area contributed by atoms with Crippen molar-refractivity contribution in [2.24, 2.45) is 0 Å². The summed E-state index contributed by atoms with van der Waals surface area (Å²) in [5.41, 5.74) is 1.09. The maximum Gasteiger partial charge on any atom is 0.323 e.